The largest absolute Gasteiger partial charge is 0.397 e. The van der Waals surface area contributed by atoms with E-state index in [2.05, 4.69) is 16.3 Å². The van der Waals surface area contributed by atoms with E-state index in [1.54, 1.807) is 23.5 Å². The minimum Gasteiger partial charge on any atom is -0.397 e. The summed E-state index contributed by atoms with van der Waals surface area (Å²) in [4.78, 5) is 28.1. The van der Waals surface area contributed by atoms with Crippen LogP contribution in [0.4, 0.5) is 11.4 Å². The maximum absolute atomic E-state index is 12.5. The molecule has 1 fully saturated rings. The molecule has 0 radical (unpaired) electrons. The minimum absolute atomic E-state index is 0.0908. The van der Waals surface area contributed by atoms with Crippen molar-refractivity contribution >= 4 is 28.6 Å². The molecular formula is C23H24N4O2S. The number of amides is 1. The number of rotatable bonds is 4. The molecule has 2 atom stereocenters. The summed E-state index contributed by atoms with van der Waals surface area (Å²) in [6.45, 7) is 2.97. The van der Waals surface area contributed by atoms with Gasteiger partial charge < -0.3 is 20.5 Å². The summed E-state index contributed by atoms with van der Waals surface area (Å²) in [6.07, 6.45) is 1.10. The molecule has 3 aromatic rings. The number of nitrogens with two attached hydrogens (primary N) is 1. The molecule has 5 rings (SSSR count). The fourth-order valence-corrected chi connectivity index (χ4v) is 5.40. The Hall–Kier alpha value is -3.06. The van der Waals surface area contributed by atoms with Crippen LogP contribution in [0.1, 0.15) is 33.3 Å². The number of piperidine rings is 1. The molecule has 2 unspecified atom stereocenters. The number of aromatic nitrogens is 1. The number of thiophene rings is 1. The van der Waals surface area contributed by atoms with E-state index in [0.29, 0.717) is 29.6 Å². The third-order valence-electron chi connectivity index (χ3n) is 6.11. The highest BCUT2D eigenvalue weighted by Crippen LogP contribution is 2.38. The van der Waals surface area contributed by atoms with E-state index in [9.17, 15) is 9.59 Å². The number of carbonyl (C=O) groups is 1. The topological polar surface area (TPSA) is 80.4 Å². The van der Waals surface area contributed by atoms with Gasteiger partial charge in [-0.05, 0) is 48.1 Å². The smallest absolute Gasteiger partial charge is 0.251 e. The molecular weight excluding hydrogens is 396 g/mol. The van der Waals surface area contributed by atoms with Crippen molar-refractivity contribution in [1.29, 1.82) is 0 Å². The van der Waals surface area contributed by atoms with Gasteiger partial charge in [0.05, 0.1) is 17.9 Å². The summed E-state index contributed by atoms with van der Waals surface area (Å²) < 4.78 is 1.93. The quantitative estimate of drug-likeness (QED) is 0.636. The number of hydrogen-bond acceptors (Lipinski definition) is 5. The summed E-state index contributed by atoms with van der Waals surface area (Å²) in [5, 5.41) is 4.94. The van der Waals surface area contributed by atoms with Crippen LogP contribution >= 0.6 is 11.3 Å². The van der Waals surface area contributed by atoms with Crippen molar-refractivity contribution in [3.8, 4) is 0 Å². The van der Waals surface area contributed by atoms with Gasteiger partial charge in [-0.1, -0.05) is 12.1 Å². The second kappa shape index (κ2) is 7.65. The first-order chi connectivity index (χ1) is 14.6. The average Bonchev–Trinajstić information content (AvgIpc) is 3.26. The fourth-order valence-electron chi connectivity index (χ4n) is 4.76. The van der Waals surface area contributed by atoms with Crippen LogP contribution in [0.5, 0.6) is 0 Å². The van der Waals surface area contributed by atoms with Gasteiger partial charge in [0.15, 0.2) is 0 Å². The van der Waals surface area contributed by atoms with Crippen LogP contribution in [0.25, 0.3) is 0 Å². The van der Waals surface area contributed by atoms with E-state index in [-0.39, 0.29) is 11.5 Å². The second-order valence-corrected chi connectivity index (χ2v) is 9.17. The normalized spacial score (nSPS) is 19.9. The molecule has 1 saturated heterocycles. The van der Waals surface area contributed by atoms with Gasteiger partial charge in [-0.3, -0.25) is 9.59 Å². The molecule has 1 amide bonds. The lowest BCUT2D eigenvalue weighted by atomic mass is 9.83. The van der Waals surface area contributed by atoms with Crippen molar-refractivity contribution in [2.24, 2.45) is 5.92 Å². The van der Waals surface area contributed by atoms with E-state index in [0.717, 1.165) is 42.3 Å². The SMILES string of the molecule is Nc1cc(C(=O)NCc2cccs2)ccc1N1CC2CC(C1)c1cccc(=O)n1C2. The van der Waals surface area contributed by atoms with Crippen molar-refractivity contribution in [3.05, 3.63) is 80.4 Å². The first-order valence-electron chi connectivity index (χ1n) is 10.2. The predicted octanol–water partition coefficient (Wildman–Crippen LogP) is 3.05. The summed E-state index contributed by atoms with van der Waals surface area (Å²) in [5.41, 5.74) is 9.73. The van der Waals surface area contributed by atoms with Crippen LogP contribution in [0.15, 0.2) is 58.7 Å². The lowest BCUT2D eigenvalue weighted by Crippen LogP contribution is -2.47. The van der Waals surface area contributed by atoms with Crippen LogP contribution < -0.4 is 21.5 Å². The van der Waals surface area contributed by atoms with Gasteiger partial charge in [0.2, 0.25) is 0 Å². The molecule has 2 aliphatic heterocycles. The molecule has 4 heterocycles. The maximum Gasteiger partial charge on any atom is 0.251 e. The van der Waals surface area contributed by atoms with Gasteiger partial charge in [-0.2, -0.15) is 0 Å². The van der Waals surface area contributed by atoms with Crippen LogP contribution in [-0.2, 0) is 13.1 Å². The standard InChI is InChI=1S/C23H24N4O2S/c24-19-10-16(23(29)25-11-18-3-2-8-30-18)6-7-21(19)26-12-15-9-17(14-26)20-4-1-5-22(28)27(20)13-15/h1-8,10,15,17H,9,11-14,24H2,(H,25,29). The van der Waals surface area contributed by atoms with E-state index >= 15 is 0 Å². The number of pyridine rings is 1. The van der Waals surface area contributed by atoms with Gasteiger partial charge in [-0.15, -0.1) is 11.3 Å². The Morgan fingerprint density at radius 3 is 2.83 bits per heavy atom. The summed E-state index contributed by atoms with van der Waals surface area (Å²) >= 11 is 1.62. The van der Waals surface area contributed by atoms with Gasteiger partial charge in [0.1, 0.15) is 0 Å². The summed E-state index contributed by atoms with van der Waals surface area (Å²) in [7, 11) is 0. The highest BCUT2D eigenvalue weighted by Gasteiger charge is 2.35. The first kappa shape index (κ1) is 18.9. The third-order valence-corrected chi connectivity index (χ3v) is 6.99. The molecule has 3 N–H and O–H groups in total. The summed E-state index contributed by atoms with van der Waals surface area (Å²) in [6, 6.07) is 15.1. The first-order valence-corrected chi connectivity index (χ1v) is 11.1. The number of anilines is 2. The zero-order valence-electron chi connectivity index (χ0n) is 16.6. The molecule has 0 aliphatic carbocycles. The van der Waals surface area contributed by atoms with E-state index in [1.807, 2.05) is 40.3 Å². The zero-order valence-corrected chi connectivity index (χ0v) is 17.4. The number of benzene rings is 1. The highest BCUT2D eigenvalue weighted by molar-refractivity contribution is 7.09. The molecule has 1 aromatic carbocycles. The highest BCUT2D eigenvalue weighted by atomic mass is 32.1. The monoisotopic (exact) mass is 420 g/mol. The molecule has 0 spiro atoms. The van der Waals surface area contributed by atoms with Crippen LogP contribution in [-0.4, -0.2) is 23.6 Å². The molecule has 2 aromatic heterocycles. The van der Waals surface area contributed by atoms with E-state index in [1.165, 1.54) is 0 Å². The van der Waals surface area contributed by atoms with Gasteiger partial charge >= 0.3 is 0 Å². The summed E-state index contributed by atoms with van der Waals surface area (Å²) in [5.74, 6) is 0.620. The van der Waals surface area contributed by atoms with Gasteiger partial charge in [0.25, 0.3) is 11.5 Å². The molecule has 2 bridgehead atoms. The molecule has 30 heavy (non-hydrogen) atoms. The van der Waals surface area contributed by atoms with Crippen molar-refractivity contribution in [2.75, 3.05) is 23.7 Å². The van der Waals surface area contributed by atoms with Crippen LogP contribution in [0.3, 0.4) is 0 Å². The number of nitrogens with one attached hydrogen (secondary N) is 1. The number of nitrogen functional groups attached to an aromatic ring is 1. The Bertz CT molecular complexity index is 1140. The Balaban J connectivity index is 1.33. The Labute approximate surface area is 178 Å². The van der Waals surface area contributed by atoms with Crippen molar-refractivity contribution in [3.63, 3.8) is 0 Å². The fraction of sp³-hybridized carbons (Fsp3) is 0.304. The Morgan fingerprint density at radius 2 is 2.03 bits per heavy atom. The maximum atomic E-state index is 12.5. The molecule has 0 saturated carbocycles. The lowest BCUT2D eigenvalue weighted by molar-refractivity contribution is 0.0951. The average molecular weight is 421 g/mol. The van der Waals surface area contributed by atoms with E-state index < -0.39 is 0 Å². The van der Waals surface area contributed by atoms with E-state index in [4.69, 9.17) is 5.73 Å². The molecule has 154 valence electrons. The van der Waals surface area contributed by atoms with Crippen LogP contribution in [0, 0.1) is 5.92 Å². The lowest BCUT2D eigenvalue weighted by Gasteiger charge is -2.44. The van der Waals surface area contributed by atoms with Crippen LogP contribution in [0.2, 0.25) is 0 Å². The van der Waals surface area contributed by atoms with Crippen molar-refractivity contribution < 1.29 is 4.79 Å². The number of nitrogens with zero attached hydrogens (tertiary/aromatic N) is 2. The molecule has 2 aliphatic rings. The second-order valence-electron chi connectivity index (χ2n) is 8.14. The number of hydrogen-bond donors (Lipinski definition) is 2. The van der Waals surface area contributed by atoms with Crippen molar-refractivity contribution in [1.82, 2.24) is 9.88 Å². The molecule has 7 heteroatoms. The van der Waals surface area contributed by atoms with Crippen molar-refractivity contribution in [2.45, 2.75) is 25.4 Å². The number of carbonyl (C=O) groups excluding carboxylic acids is 1. The Morgan fingerprint density at radius 1 is 1.13 bits per heavy atom. The molecule has 6 nitrogen and oxygen atoms in total. The minimum atomic E-state index is -0.120. The Kier molecular flexibility index (Phi) is 4.83. The number of fused-ring (bicyclic) bond motifs is 4. The predicted molar refractivity (Wildman–Crippen MR) is 120 cm³/mol. The third kappa shape index (κ3) is 3.50. The van der Waals surface area contributed by atoms with Gasteiger partial charge in [0, 0.05) is 47.8 Å². The zero-order chi connectivity index (χ0) is 20.7. The van der Waals surface area contributed by atoms with Gasteiger partial charge in [-0.25, -0.2) is 0 Å².